The lowest BCUT2D eigenvalue weighted by atomic mass is 10.0. The number of nitrogens with one attached hydrogen (secondary N) is 2. The zero-order chi connectivity index (χ0) is 12.0. The van der Waals surface area contributed by atoms with E-state index in [1.165, 1.54) is 7.11 Å². The number of carboxylic acids is 1. The van der Waals surface area contributed by atoms with Crippen LogP contribution in [0.4, 0.5) is 0 Å². The number of hydrogen-bond donors (Lipinski definition) is 3. The largest absolute Gasteiger partial charge is 0.479 e. The molecule has 0 aliphatic carbocycles. The molecule has 0 aromatic heterocycles. The van der Waals surface area contributed by atoms with Gasteiger partial charge < -0.3 is 20.5 Å². The Morgan fingerprint density at radius 2 is 2.31 bits per heavy atom. The van der Waals surface area contributed by atoms with E-state index in [-0.39, 0.29) is 18.5 Å². The third-order valence-electron chi connectivity index (χ3n) is 2.65. The molecule has 0 bridgehead atoms. The highest BCUT2D eigenvalue weighted by Gasteiger charge is 2.23. The van der Waals surface area contributed by atoms with E-state index in [0.717, 1.165) is 25.8 Å². The first-order chi connectivity index (χ1) is 7.65. The number of carbonyl (C=O) groups excluding carboxylic acids is 1. The van der Waals surface area contributed by atoms with Gasteiger partial charge in [0.05, 0.1) is 12.6 Å². The maximum atomic E-state index is 11.6. The Hall–Kier alpha value is -1.14. The number of methoxy groups -OCH3 is 1. The van der Waals surface area contributed by atoms with Gasteiger partial charge in [0.15, 0.2) is 6.10 Å². The fourth-order valence-corrected chi connectivity index (χ4v) is 1.66. The predicted octanol–water partition coefficient (Wildman–Crippen LogP) is -0.656. The maximum absolute atomic E-state index is 11.6. The second-order valence-electron chi connectivity index (χ2n) is 3.81. The van der Waals surface area contributed by atoms with Crippen molar-refractivity contribution in [3.05, 3.63) is 0 Å². The van der Waals surface area contributed by atoms with Gasteiger partial charge in [-0.15, -0.1) is 0 Å². The maximum Gasteiger partial charge on any atom is 0.334 e. The van der Waals surface area contributed by atoms with Gasteiger partial charge in [-0.3, -0.25) is 4.79 Å². The Bertz CT molecular complexity index is 251. The van der Waals surface area contributed by atoms with Crippen molar-refractivity contribution in [3.8, 4) is 0 Å². The summed E-state index contributed by atoms with van der Waals surface area (Å²) in [6, 6.07) is -0.194. The molecule has 2 atom stereocenters. The zero-order valence-electron chi connectivity index (χ0n) is 9.36. The number of ether oxygens (including phenoxy) is 1. The van der Waals surface area contributed by atoms with Crippen molar-refractivity contribution in [2.45, 2.75) is 31.4 Å². The van der Waals surface area contributed by atoms with E-state index >= 15 is 0 Å². The Kier molecular flexibility index (Phi) is 5.21. The van der Waals surface area contributed by atoms with Gasteiger partial charge in [-0.05, 0) is 19.4 Å². The number of aliphatic carboxylic acids is 1. The first-order valence-electron chi connectivity index (χ1n) is 5.42. The highest BCUT2D eigenvalue weighted by atomic mass is 16.5. The number of carbonyl (C=O) groups is 2. The van der Waals surface area contributed by atoms with Gasteiger partial charge >= 0.3 is 5.97 Å². The molecule has 0 aromatic carbocycles. The minimum absolute atomic E-state index is 0.00282. The molecule has 1 saturated heterocycles. The van der Waals surface area contributed by atoms with Crippen LogP contribution in [-0.2, 0) is 14.3 Å². The van der Waals surface area contributed by atoms with Crippen LogP contribution in [0.5, 0.6) is 0 Å². The van der Waals surface area contributed by atoms with Crippen LogP contribution in [0.1, 0.15) is 19.3 Å². The fourth-order valence-electron chi connectivity index (χ4n) is 1.66. The Balaban J connectivity index is 2.30. The van der Waals surface area contributed by atoms with Gasteiger partial charge in [0, 0.05) is 7.11 Å². The summed E-state index contributed by atoms with van der Waals surface area (Å²) in [7, 11) is 1.31. The van der Waals surface area contributed by atoms with Gasteiger partial charge in [-0.1, -0.05) is 6.42 Å². The average Bonchev–Trinajstić information content (AvgIpc) is 2.30. The van der Waals surface area contributed by atoms with E-state index in [9.17, 15) is 9.59 Å². The van der Waals surface area contributed by atoms with Crippen LogP contribution in [0.25, 0.3) is 0 Å². The number of carboxylic acid groups (broad SMARTS) is 1. The molecule has 1 aliphatic rings. The molecule has 16 heavy (non-hydrogen) atoms. The summed E-state index contributed by atoms with van der Waals surface area (Å²) in [5.74, 6) is -1.22. The molecule has 6 nitrogen and oxygen atoms in total. The normalized spacial score (nSPS) is 22.4. The SMILES string of the molecule is COC(CNC(=O)[C@H]1CCCCN1)C(=O)O. The lowest BCUT2D eigenvalue weighted by Crippen LogP contribution is -2.49. The highest BCUT2D eigenvalue weighted by Crippen LogP contribution is 2.06. The van der Waals surface area contributed by atoms with Crippen LogP contribution < -0.4 is 10.6 Å². The second-order valence-corrected chi connectivity index (χ2v) is 3.81. The van der Waals surface area contributed by atoms with E-state index in [1.807, 2.05) is 0 Å². The molecule has 1 fully saturated rings. The third kappa shape index (κ3) is 3.79. The molecule has 1 rings (SSSR count). The van der Waals surface area contributed by atoms with Crippen LogP contribution >= 0.6 is 0 Å². The van der Waals surface area contributed by atoms with E-state index in [0.29, 0.717) is 0 Å². The number of rotatable bonds is 5. The van der Waals surface area contributed by atoms with Gasteiger partial charge in [-0.2, -0.15) is 0 Å². The molecule has 1 amide bonds. The lowest BCUT2D eigenvalue weighted by Gasteiger charge is -2.23. The number of amides is 1. The van der Waals surface area contributed by atoms with Gasteiger partial charge in [-0.25, -0.2) is 4.79 Å². The molecule has 6 heteroatoms. The standard InChI is InChI=1S/C10H18N2O4/c1-16-8(10(14)15)6-12-9(13)7-4-2-3-5-11-7/h7-8,11H,2-6H2,1H3,(H,12,13)(H,14,15)/t7-,8?/m1/s1. The third-order valence-corrected chi connectivity index (χ3v) is 2.65. The number of piperidine rings is 1. The fraction of sp³-hybridized carbons (Fsp3) is 0.800. The zero-order valence-corrected chi connectivity index (χ0v) is 9.36. The van der Waals surface area contributed by atoms with Crippen LogP contribution in [0.15, 0.2) is 0 Å². The molecule has 1 heterocycles. The monoisotopic (exact) mass is 230 g/mol. The molecule has 3 N–H and O–H groups in total. The van der Waals surface area contributed by atoms with Crippen molar-refractivity contribution in [2.75, 3.05) is 20.2 Å². The summed E-state index contributed by atoms with van der Waals surface area (Å²) >= 11 is 0. The molecule has 0 radical (unpaired) electrons. The summed E-state index contributed by atoms with van der Waals surface area (Å²) in [6.45, 7) is 0.841. The van der Waals surface area contributed by atoms with Crippen LogP contribution in [0.3, 0.4) is 0 Å². The smallest absolute Gasteiger partial charge is 0.334 e. The van der Waals surface area contributed by atoms with Gasteiger partial charge in [0.25, 0.3) is 0 Å². The van der Waals surface area contributed by atoms with E-state index in [1.54, 1.807) is 0 Å². The first kappa shape index (κ1) is 12.9. The van der Waals surface area contributed by atoms with Crippen LogP contribution in [0, 0.1) is 0 Å². The minimum atomic E-state index is -1.07. The highest BCUT2D eigenvalue weighted by molar-refractivity contribution is 5.82. The molecular weight excluding hydrogens is 212 g/mol. The van der Waals surface area contributed by atoms with E-state index < -0.39 is 12.1 Å². The molecule has 0 aromatic rings. The summed E-state index contributed by atoms with van der Waals surface area (Å²) in [5, 5.41) is 14.4. The Labute approximate surface area is 94.3 Å². The van der Waals surface area contributed by atoms with Crippen LogP contribution in [-0.4, -0.2) is 49.3 Å². The van der Waals surface area contributed by atoms with E-state index in [2.05, 4.69) is 10.6 Å². The van der Waals surface area contributed by atoms with Crippen LogP contribution in [0.2, 0.25) is 0 Å². The van der Waals surface area contributed by atoms with Crippen molar-refractivity contribution in [1.29, 1.82) is 0 Å². The second kappa shape index (κ2) is 6.44. The van der Waals surface area contributed by atoms with Crippen molar-refractivity contribution in [1.82, 2.24) is 10.6 Å². The van der Waals surface area contributed by atoms with Crippen molar-refractivity contribution in [3.63, 3.8) is 0 Å². The molecule has 1 unspecified atom stereocenters. The van der Waals surface area contributed by atoms with Gasteiger partial charge in [0.1, 0.15) is 0 Å². The van der Waals surface area contributed by atoms with Crippen molar-refractivity contribution >= 4 is 11.9 Å². The summed E-state index contributed by atoms with van der Waals surface area (Å²) in [6.07, 6.45) is 1.93. The molecule has 0 spiro atoms. The number of hydrogen-bond acceptors (Lipinski definition) is 4. The molecular formula is C10H18N2O4. The summed E-state index contributed by atoms with van der Waals surface area (Å²) in [5.41, 5.74) is 0. The average molecular weight is 230 g/mol. The Morgan fingerprint density at radius 3 is 2.81 bits per heavy atom. The quantitative estimate of drug-likeness (QED) is 0.584. The molecule has 1 aliphatic heterocycles. The van der Waals surface area contributed by atoms with E-state index in [4.69, 9.17) is 9.84 Å². The van der Waals surface area contributed by atoms with Crippen molar-refractivity contribution < 1.29 is 19.4 Å². The lowest BCUT2D eigenvalue weighted by molar-refractivity contribution is -0.148. The minimum Gasteiger partial charge on any atom is -0.479 e. The topological polar surface area (TPSA) is 87.7 Å². The molecule has 0 saturated carbocycles. The summed E-state index contributed by atoms with van der Waals surface area (Å²) < 4.78 is 4.71. The predicted molar refractivity (Wildman–Crippen MR) is 57.1 cm³/mol. The molecule has 92 valence electrons. The first-order valence-corrected chi connectivity index (χ1v) is 5.42. The van der Waals surface area contributed by atoms with Crippen molar-refractivity contribution in [2.24, 2.45) is 0 Å². The Morgan fingerprint density at radius 1 is 1.56 bits per heavy atom. The van der Waals surface area contributed by atoms with Gasteiger partial charge in [0.2, 0.25) is 5.91 Å². The summed E-state index contributed by atoms with van der Waals surface area (Å²) in [4.78, 5) is 22.2.